The van der Waals surface area contributed by atoms with E-state index < -0.39 is 5.41 Å². The summed E-state index contributed by atoms with van der Waals surface area (Å²) in [4.78, 5) is 11.1. The minimum Gasteiger partial charge on any atom is -0.436 e. The van der Waals surface area contributed by atoms with E-state index in [-0.39, 0.29) is 0 Å². The normalized spacial score (nSPS) is 13.2. The molecule has 0 spiro atoms. The number of benzene rings is 8. The average molecular weight is 702 g/mol. The van der Waals surface area contributed by atoms with E-state index in [0.717, 1.165) is 50.2 Å². The number of aromatic nitrogens is 3. The molecule has 0 radical (unpaired) electrons. The van der Waals surface area contributed by atoms with Crippen LogP contribution in [0, 0.1) is 0 Å². The van der Waals surface area contributed by atoms with Crippen molar-refractivity contribution in [2.75, 3.05) is 0 Å². The van der Waals surface area contributed by atoms with Gasteiger partial charge in [0, 0.05) is 21.7 Å². The smallest absolute Gasteiger partial charge is 0.247 e. The number of nitrogens with zero attached hydrogens (tertiary/aromatic N) is 3. The average Bonchev–Trinajstić information content (AvgIpc) is 3.89. The first-order valence-electron chi connectivity index (χ1n) is 18.8. The number of rotatable bonds is 4. The maximum atomic E-state index is 6.51. The topological polar surface area (TPSA) is 43.9 Å². The standard InChI is InChI=1S/C51H31N3O/c1-3-18-34(19-4-1)51(35-20-5-2-6-21-35)41-26-12-9-23-37(41)46-39(25-15-27-42(46)51)47-49(52-48-38-24-11-14-29-45(38)55-50(48)53-47)54-43-28-13-10-22-36(43)40-30-32-16-7-8-17-33(32)31-44(40)54/h1-31H. The van der Waals surface area contributed by atoms with Crippen molar-refractivity contribution >= 4 is 54.8 Å². The van der Waals surface area contributed by atoms with Crippen LogP contribution in [0.3, 0.4) is 0 Å². The summed E-state index contributed by atoms with van der Waals surface area (Å²) in [6.07, 6.45) is 0. The molecule has 0 saturated heterocycles. The zero-order valence-corrected chi connectivity index (χ0v) is 29.6. The van der Waals surface area contributed by atoms with Gasteiger partial charge in [-0.3, -0.25) is 4.57 Å². The largest absolute Gasteiger partial charge is 0.436 e. The molecule has 8 aromatic carbocycles. The van der Waals surface area contributed by atoms with Crippen molar-refractivity contribution in [2.45, 2.75) is 5.41 Å². The minimum atomic E-state index is -0.548. The molecule has 12 rings (SSSR count). The molecule has 0 aliphatic heterocycles. The molecule has 4 nitrogen and oxygen atoms in total. The second kappa shape index (κ2) is 11.3. The van der Waals surface area contributed by atoms with Gasteiger partial charge >= 0.3 is 0 Å². The molecule has 0 amide bonds. The van der Waals surface area contributed by atoms with Gasteiger partial charge in [-0.25, -0.2) is 9.97 Å². The van der Waals surface area contributed by atoms with E-state index in [9.17, 15) is 0 Å². The molecule has 0 N–H and O–H groups in total. The first-order valence-corrected chi connectivity index (χ1v) is 18.8. The van der Waals surface area contributed by atoms with Crippen molar-refractivity contribution in [3.8, 4) is 28.2 Å². The van der Waals surface area contributed by atoms with E-state index >= 15 is 0 Å². The van der Waals surface area contributed by atoms with Gasteiger partial charge in [0.25, 0.3) is 0 Å². The van der Waals surface area contributed by atoms with Crippen LogP contribution in [0.1, 0.15) is 22.3 Å². The molecule has 4 heteroatoms. The maximum absolute atomic E-state index is 6.51. The second-order valence-corrected chi connectivity index (χ2v) is 14.5. The van der Waals surface area contributed by atoms with Gasteiger partial charge in [0.15, 0.2) is 5.82 Å². The van der Waals surface area contributed by atoms with Gasteiger partial charge < -0.3 is 4.42 Å². The SMILES string of the molecule is c1ccc(C2(c3ccccc3)c3ccccc3-c3c(-c4nc5oc6ccccc6c5nc4-n4c5ccccc5c5cc6ccccc6cc54)cccc32)cc1. The van der Waals surface area contributed by atoms with Gasteiger partial charge in [0.05, 0.1) is 16.4 Å². The first kappa shape index (κ1) is 30.2. The fourth-order valence-electron chi connectivity index (χ4n) is 9.42. The zero-order chi connectivity index (χ0) is 36.1. The third-order valence-corrected chi connectivity index (χ3v) is 11.7. The van der Waals surface area contributed by atoms with Crippen LogP contribution in [-0.4, -0.2) is 14.5 Å². The summed E-state index contributed by atoms with van der Waals surface area (Å²) >= 11 is 0. The maximum Gasteiger partial charge on any atom is 0.247 e. The van der Waals surface area contributed by atoms with Crippen LogP contribution < -0.4 is 0 Å². The lowest BCUT2D eigenvalue weighted by molar-refractivity contribution is 0.653. The van der Waals surface area contributed by atoms with Crippen molar-refractivity contribution < 1.29 is 4.42 Å². The second-order valence-electron chi connectivity index (χ2n) is 14.5. The molecule has 0 saturated carbocycles. The Labute approximate surface area is 316 Å². The monoisotopic (exact) mass is 701 g/mol. The summed E-state index contributed by atoms with van der Waals surface area (Å²) in [6, 6.07) is 67.4. The highest BCUT2D eigenvalue weighted by Crippen LogP contribution is 2.58. The fraction of sp³-hybridized carbons (Fsp3) is 0.0196. The molecule has 0 fully saturated rings. The number of hydrogen-bond donors (Lipinski definition) is 0. The lowest BCUT2D eigenvalue weighted by atomic mass is 9.67. The highest BCUT2D eigenvalue weighted by molar-refractivity contribution is 6.14. The van der Waals surface area contributed by atoms with E-state index in [1.165, 1.54) is 49.4 Å². The van der Waals surface area contributed by atoms with Crippen LogP contribution in [0.25, 0.3) is 83.0 Å². The number of fused-ring (bicyclic) bond motifs is 10. The van der Waals surface area contributed by atoms with E-state index in [1.54, 1.807) is 0 Å². The van der Waals surface area contributed by atoms with E-state index in [4.69, 9.17) is 14.4 Å². The van der Waals surface area contributed by atoms with Crippen molar-refractivity contribution in [2.24, 2.45) is 0 Å². The van der Waals surface area contributed by atoms with Crippen LogP contribution in [-0.2, 0) is 5.41 Å². The highest BCUT2D eigenvalue weighted by atomic mass is 16.3. The summed E-state index contributed by atoms with van der Waals surface area (Å²) < 4.78 is 8.83. The van der Waals surface area contributed by atoms with E-state index in [2.05, 4.69) is 174 Å². The zero-order valence-electron chi connectivity index (χ0n) is 29.6. The van der Waals surface area contributed by atoms with Gasteiger partial charge in [-0.15, -0.1) is 0 Å². The summed E-state index contributed by atoms with van der Waals surface area (Å²) in [5.74, 6) is 0.767. The van der Waals surface area contributed by atoms with Gasteiger partial charge in [-0.05, 0) is 74.5 Å². The van der Waals surface area contributed by atoms with E-state index in [1.807, 2.05) is 18.2 Å². The Morgan fingerprint density at radius 1 is 0.455 bits per heavy atom. The molecular formula is C51H31N3O. The van der Waals surface area contributed by atoms with E-state index in [0.29, 0.717) is 5.71 Å². The van der Waals surface area contributed by atoms with Gasteiger partial charge in [-0.2, -0.15) is 0 Å². The Bertz CT molecular complexity index is 3280. The Morgan fingerprint density at radius 2 is 1.07 bits per heavy atom. The summed E-state index contributed by atoms with van der Waals surface area (Å²) in [6.45, 7) is 0. The molecule has 3 heterocycles. The van der Waals surface area contributed by atoms with Crippen molar-refractivity contribution in [1.82, 2.24) is 14.5 Å². The minimum absolute atomic E-state index is 0.521. The lowest BCUT2D eigenvalue weighted by Crippen LogP contribution is -2.28. The third kappa shape index (κ3) is 4.11. The molecular weight excluding hydrogens is 671 g/mol. The van der Waals surface area contributed by atoms with Crippen LogP contribution in [0.5, 0.6) is 0 Å². The van der Waals surface area contributed by atoms with Crippen LogP contribution in [0.4, 0.5) is 0 Å². The number of furan rings is 1. The van der Waals surface area contributed by atoms with Crippen LogP contribution >= 0.6 is 0 Å². The Kier molecular flexibility index (Phi) is 6.23. The summed E-state index contributed by atoms with van der Waals surface area (Å²) in [5, 5.41) is 5.67. The van der Waals surface area contributed by atoms with Gasteiger partial charge in [0.1, 0.15) is 16.8 Å². The summed E-state index contributed by atoms with van der Waals surface area (Å²) in [7, 11) is 0. The third-order valence-electron chi connectivity index (χ3n) is 11.7. The Balaban J connectivity index is 1.25. The fourth-order valence-corrected chi connectivity index (χ4v) is 9.42. The molecule has 55 heavy (non-hydrogen) atoms. The molecule has 256 valence electrons. The predicted octanol–water partition coefficient (Wildman–Crippen LogP) is 12.7. The Hall–Kier alpha value is -7.30. The first-order chi connectivity index (χ1) is 27.3. The highest BCUT2D eigenvalue weighted by Gasteiger charge is 2.47. The van der Waals surface area contributed by atoms with Gasteiger partial charge in [-0.1, -0.05) is 158 Å². The molecule has 1 aliphatic rings. The van der Waals surface area contributed by atoms with Crippen molar-refractivity contribution in [1.29, 1.82) is 0 Å². The van der Waals surface area contributed by atoms with Crippen LogP contribution in [0.2, 0.25) is 0 Å². The number of para-hydroxylation sites is 2. The van der Waals surface area contributed by atoms with Crippen molar-refractivity contribution in [3.63, 3.8) is 0 Å². The Morgan fingerprint density at radius 3 is 1.87 bits per heavy atom. The predicted molar refractivity (Wildman–Crippen MR) is 224 cm³/mol. The molecule has 1 aliphatic carbocycles. The number of hydrogen-bond acceptors (Lipinski definition) is 3. The quantitative estimate of drug-likeness (QED) is 0.183. The molecule has 0 bridgehead atoms. The van der Waals surface area contributed by atoms with Gasteiger partial charge in [0.2, 0.25) is 5.71 Å². The molecule has 0 unspecified atom stereocenters. The van der Waals surface area contributed by atoms with Crippen molar-refractivity contribution in [3.05, 3.63) is 210 Å². The van der Waals surface area contributed by atoms with Crippen LogP contribution in [0.15, 0.2) is 192 Å². The summed E-state index contributed by atoms with van der Waals surface area (Å²) in [5.41, 5.74) is 12.7. The molecule has 11 aromatic rings. The molecule has 3 aromatic heterocycles. The molecule has 0 atom stereocenters. The lowest BCUT2D eigenvalue weighted by Gasteiger charge is -2.34.